The fourth-order valence-electron chi connectivity index (χ4n) is 3.39. The van der Waals surface area contributed by atoms with Crippen molar-refractivity contribution in [2.75, 3.05) is 13.1 Å². The molecule has 3 rings (SSSR count). The molecule has 1 aromatic rings. The third-order valence-electron chi connectivity index (χ3n) is 4.98. The second-order valence-corrected chi connectivity index (χ2v) is 11.5. The van der Waals surface area contributed by atoms with Crippen molar-refractivity contribution in [1.29, 1.82) is 0 Å². The lowest BCUT2D eigenvalue weighted by atomic mass is 9.80. The van der Waals surface area contributed by atoms with Crippen LogP contribution in [0.4, 0.5) is 4.79 Å². The van der Waals surface area contributed by atoms with E-state index >= 15 is 0 Å². The van der Waals surface area contributed by atoms with Crippen LogP contribution >= 0.6 is 0 Å². The van der Waals surface area contributed by atoms with Crippen LogP contribution in [0, 0.1) is 0 Å². The van der Waals surface area contributed by atoms with Gasteiger partial charge in [-0.05, 0) is 60.5 Å². The molecule has 9 heteroatoms. The van der Waals surface area contributed by atoms with Crippen LogP contribution in [0.2, 0.25) is 0 Å². The quantitative estimate of drug-likeness (QED) is 0.709. The molecule has 156 valence electrons. The van der Waals surface area contributed by atoms with E-state index in [1.54, 1.807) is 11.1 Å². The van der Waals surface area contributed by atoms with Crippen LogP contribution < -0.4 is 15.4 Å². The summed E-state index contributed by atoms with van der Waals surface area (Å²) in [6, 6.07) is -0.196. The molecule has 2 N–H and O–H groups in total. The zero-order valence-corrected chi connectivity index (χ0v) is 18.4. The maximum atomic E-state index is 12.8. The minimum Gasteiger partial charge on any atom is -0.598 e. The van der Waals surface area contributed by atoms with Crippen LogP contribution in [-0.4, -0.2) is 60.8 Å². The van der Waals surface area contributed by atoms with Crippen molar-refractivity contribution in [3.05, 3.63) is 16.9 Å². The van der Waals surface area contributed by atoms with Crippen LogP contribution in [0.3, 0.4) is 0 Å². The first kappa shape index (κ1) is 21.1. The second kappa shape index (κ2) is 7.35. The summed E-state index contributed by atoms with van der Waals surface area (Å²) in [4.78, 5) is 19.1. The van der Waals surface area contributed by atoms with Gasteiger partial charge < -0.3 is 14.2 Å². The van der Waals surface area contributed by atoms with Gasteiger partial charge in [0.15, 0.2) is 5.49 Å². The van der Waals surface area contributed by atoms with E-state index in [1.165, 1.54) is 0 Å². The zero-order chi connectivity index (χ0) is 20.7. The Labute approximate surface area is 169 Å². The monoisotopic (exact) mass is 409 g/mol. The summed E-state index contributed by atoms with van der Waals surface area (Å²) in [5.41, 5.74) is -0.252. The summed E-state index contributed by atoms with van der Waals surface area (Å²) in [6.07, 6.45) is 4.79. The topological polar surface area (TPSA) is 106 Å². The van der Waals surface area contributed by atoms with Gasteiger partial charge in [0.05, 0.1) is 17.8 Å². The number of H-pyrrole nitrogens is 1. The molecule has 2 aliphatic heterocycles. The molecular weight excluding hydrogens is 378 g/mol. The van der Waals surface area contributed by atoms with E-state index in [4.69, 9.17) is 9.73 Å². The molecule has 28 heavy (non-hydrogen) atoms. The Morgan fingerprint density at radius 2 is 1.96 bits per heavy atom. The predicted octanol–water partition coefficient (Wildman–Crippen LogP) is 1.01. The van der Waals surface area contributed by atoms with Crippen molar-refractivity contribution in [2.24, 2.45) is 4.99 Å². The highest BCUT2D eigenvalue weighted by Crippen LogP contribution is 2.33. The molecule has 2 aliphatic rings. The average molecular weight is 410 g/mol. The molecule has 0 aromatic carbocycles. The predicted molar refractivity (Wildman–Crippen MR) is 108 cm³/mol. The van der Waals surface area contributed by atoms with Crippen LogP contribution in [0.5, 0.6) is 0 Å². The summed E-state index contributed by atoms with van der Waals surface area (Å²) < 4.78 is 21.2. The highest BCUT2D eigenvalue weighted by Gasteiger charge is 2.46. The first-order valence-electron chi connectivity index (χ1n) is 9.67. The smallest absolute Gasteiger partial charge is 0.410 e. The fraction of sp³-hybridized carbons (Fsp3) is 0.737. The Kier molecular flexibility index (Phi) is 5.55. The molecule has 0 saturated carbocycles. The fourth-order valence-corrected chi connectivity index (χ4v) is 4.26. The molecule has 1 amide bonds. The molecule has 1 unspecified atom stereocenters. The van der Waals surface area contributed by atoms with Gasteiger partial charge in [-0.2, -0.15) is 5.10 Å². The molecule has 3 heterocycles. The molecule has 0 aliphatic carbocycles. The number of aromatic nitrogens is 2. The highest BCUT2D eigenvalue weighted by atomic mass is 32.2. The van der Waals surface area contributed by atoms with E-state index in [9.17, 15) is 9.35 Å². The highest BCUT2D eigenvalue weighted by molar-refractivity contribution is 7.90. The van der Waals surface area contributed by atoms with Crippen molar-refractivity contribution < 1.29 is 14.1 Å². The number of aromatic amines is 1. The number of ether oxygens (including phenoxy) is 1. The Hall–Kier alpha value is -1.58. The number of amides is 1. The van der Waals surface area contributed by atoms with Crippen molar-refractivity contribution in [2.45, 2.75) is 76.3 Å². The number of piperidine rings is 1. The first-order chi connectivity index (χ1) is 12.9. The summed E-state index contributed by atoms with van der Waals surface area (Å²) in [6.45, 7) is 12.5. The van der Waals surface area contributed by atoms with E-state index in [1.807, 2.05) is 41.5 Å². The number of carbonyl (C=O) groups is 1. The summed E-state index contributed by atoms with van der Waals surface area (Å²) in [5, 5.41) is 7.94. The first-order valence-corrected chi connectivity index (χ1v) is 10.8. The Morgan fingerprint density at radius 3 is 2.54 bits per heavy atom. The maximum Gasteiger partial charge on any atom is 0.410 e. The number of rotatable bonds is 2. The number of likely N-dealkylation sites (tertiary alicyclic amines) is 1. The maximum absolute atomic E-state index is 12.8. The van der Waals surface area contributed by atoms with Crippen molar-refractivity contribution in [1.82, 2.24) is 19.8 Å². The molecule has 8 nitrogen and oxygen atoms in total. The second-order valence-electron chi connectivity index (χ2n) is 9.50. The lowest BCUT2D eigenvalue weighted by molar-refractivity contribution is 0.0160. The molecule has 1 spiro atoms. The van der Waals surface area contributed by atoms with E-state index in [-0.39, 0.29) is 16.9 Å². The molecule has 0 bridgehead atoms. The van der Waals surface area contributed by atoms with Gasteiger partial charge in [-0.3, -0.25) is 10.1 Å². The zero-order valence-electron chi connectivity index (χ0n) is 17.5. The van der Waals surface area contributed by atoms with E-state index < -0.39 is 22.5 Å². The molecule has 2 atom stereocenters. The number of hydrogen-bond donors (Lipinski definition) is 2. The lowest BCUT2D eigenvalue weighted by Crippen LogP contribution is -2.61. The van der Waals surface area contributed by atoms with Crippen LogP contribution in [0.25, 0.3) is 6.08 Å². The molecule has 1 fully saturated rings. The summed E-state index contributed by atoms with van der Waals surface area (Å²) in [7, 11) is 0. The van der Waals surface area contributed by atoms with Crippen LogP contribution in [0.15, 0.2) is 11.2 Å². The minimum absolute atomic E-state index is 0.196. The Balaban J connectivity index is 1.81. The van der Waals surface area contributed by atoms with E-state index in [0.29, 0.717) is 25.9 Å². The third kappa shape index (κ3) is 4.52. The third-order valence-corrected chi connectivity index (χ3v) is 6.56. The average Bonchev–Trinajstić information content (AvgIpc) is 3.00. The molecule has 0 radical (unpaired) electrons. The Morgan fingerprint density at radius 1 is 1.32 bits per heavy atom. The van der Waals surface area contributed by atoms with Gasteiger partial charge in [-0.25, -0.2) is 4.79 Å². The summed E-state index contributed by atoms with van der Waals surface area (Å²) in [5.74, 6) is 0. The van der Waals surface area contributed by atoms with Gasteiger partial charge in [-0.15, -0.1) is 4.72 Å². The van der Waals surface area contributed by atoms with Gasteiger partial charge in [-0.1, -0.05) is 0 Å². The number of nitrogens with zero attached hydrogens (tertiary/aromatic N) is 3. The minimum atomic E-state index is -1.24. The lowest BCUT2D eigenvalue weighted by Gasteiger charge is -2.44. The van der Waals surface area contributed by atoms with Crippen LogP contribution in [-0.2, 0) is 16.1 Å². The van der Waals surface area contributed by atoms with Gasteiger partial charge in [0.1, 0.15) is 10.3 Å². The van der Waals surface area contributed by atoms with Gasteiger partial charge in [0, 0.05) is 29.7 Å². The molecule has 1 saturated heterocycles. The summed E-state index contributed by atoms with van der Waals surface area (Å²) >= 11 is -1.24. The number of hydrogen-bond acceptors (Lipinski definition) is 6. The van der Waals surface area contributed by atoms with Crippen molar-refractivity contribution in [3.63, 3.8) is 0 Å². The molecular formula is C19H31N5O3S. The van der Waals surface area contributed by atoms with Crippen LogP contribution in [0.1, 0.15) is 54.4 Å². The number of carbonyl (C=O) groups excluding carboxylic acids is 1. The largest absolute Gasteiger partial charge is 0.598 e. The van der Waals surface area contributed by atoms with Gasteiger partial charge in [0.25, 0.3) is 0 Å². The standard InChI is InChI=1S/C19H31N5O3S/c1-17(2,3)27-16(25)24-9-7-19(8-10-24)14(23-28(26)18(4,5)6)11-13-12-20-22-15(13)21-19/h11-12,14,23H,7-10H2,1-6H3,(H,21,22)/t14-,28?/m1/s1. The SMILES string of the molecule is CC(C)(C)OC(=O)N1CCC2(CC1)N=c1[nH]ncc1=C[C@H]2N[S+]([O-])C(C)(C)C. The van der Waals surface area contributed by atoms with Crippen molar-refractivity contribution in [3.8, 4) is 0 Å². The van der Waals surface area contributed by atoms with Crippen molar-refractivity contribution >= 4 is 23.5 Å². The number of fused-ring (bicyclic) bond motifs is 1. The van der Waals surface area contributed by atoms with Gasteiger partial charge >= 0.3 is 6.09 Å². The number of nitrogens with one attached hydrogen (secondary N) is 2. The Bertz CT molecular complexity index is 831. The van der Waals surface area contributed by atoms with E-state index in [0.717, 1.165) is 10.7 Å². The van der Waals surface area contributed by atoms with Gasteiger partial charge in [0.2, 0.25) is 0 Å². The normalized spacial score (nSPS) is 22.8. The van der Waals surface area contributed by atoms with E-state index in [2.05, 4.69) is 21.0 Å². The molecule has 1 aromatic heterocycles.